The smallest absolute Gasteiger partial charge is 0.230 e. The van der Waals surface area contributed by atoms with Crippen LogP contribution < -0.4 is 5.32 Å². The fourth-order valence-electron chi connectivity index (χ4n) is 1.85. The summed E-state index contributed by atoms with van der Waals surface area (Å²) in [6.07, 6.45) is 0. The third-order valence-electron chi connectivity index (χ3n) is 2.86. The first-order valence-electron chi connectivity index (χ1n) is 6.38. The molecule has 0 spiro atoms. The molecule has 0 bridgehead atoms. The minimum Gasteiger partial charge on any atom is -0.349 e. The van der Waals surface area contributed by atoms with Gasteiger partial charge < -0.3 is 5.32 Å². The third kappa shape index (κ3) is 4.39. The number of thioether (sulfide) groups is 1. The number of benzene rings is 2. The van der Waals surface area contributed by atoms with Crippen LogP contribution in [0.15, 0.2) is 64.0 Å². The number of amides is 1. The summed E-state index contributed by atoms with van der Waals surface area (Å²) in [6, 6.07) is 17.9. The highest BCUT2D eigenvalue weighted by Crippen LogP contribution is 2.23. The molecule has 2 aromatic carbocycles. The Morgan fingerprint density at radius 1 is 1.15 bits per heavy atom. The van der Waals surface area contributed by atoms with Crippen molar-refractivity contribution in [2.45, 2.75) is 17.9 Å². The highest BCUT2D eigenvalue weighted by molar-refractivity contribution is 9.10. The highest BCUT2D eigenvalue weighted by atomic mass is 79.9. The minimum atomic E-state index is -0.00514. The van der Waals surface area contributed by atoms with Gasteiger partial charge in [-0.05, 0) is 30.7 Å². The maximum absolute atomic E-state index is 12.0. The van der Waals surface area contributed by atoms with Gasteiger partial charge in [0.15, 0.2) is 0 Å². The van der Waals surface area contributed by atoms with E-state index in [0.717, 1.165) is 14.9 Å². The molecule has 0 saturated carbocycles. The Kier molecular flexibility index (Phi) is 5.68. The van der Waals surface area contributed by atoms with E-state index in [1.165, 1.54) is 0 Å². The number of halogens is 1. The second kappa shape index (κ2) is 7.50. The van der Waals surface area contributed by atoms with Crippen molar-refractivity contribution < 1.29 is 4.79 Å². The van der Waals surface area contributed by atoms with Gasteiger partial charge >= 0.3 is 0 Å². The second-order valence-electron chi connectivity index (χ2n) is 4.41. The van der Waals surface area contributed by atoms with Crippen molar-refractivity contribution in [3.05, 3.63) is 64.6 Å². The molecule has 0 aliphatic carbocycles. The molecule has 4 heteroatoms. The maximum atomic E-state index is 12.0. The van der Waals surface area contributed by atoms with Gasteiger partial charge in [-0.15, -0.1) is 11.8 Å². The average Bonchev–Trinajstić information content (AvgIpc) is 2.46. The molecule has 0 saturated heterocycles. The second-order valence-corrected chi connectivity index (χ2v) is 6.32. The van der Waals surface area contributed by atoms with E-state index in [0.29, 0.717) is 5.75 Å². The number of hydrogen-bond acceptors (Lipinski definition) is 2. The summed E-state index contributed by atoms with van der Waals surface area (Å²) in [5, 5.41) is 3.02. The molecule has 2 aromatic rings. The molecule has 0 heterocycles. The number of nitrogens with one attached hydrogen (secondary N) is 1. The van der Waals surface area contributed by atoms with Crippen LogP contribution in [0.1, 0.15) is 18.5 Å². The quantitative estimate of drug-likeness (QED) is 0.809. The van der Waals surface area contributed by atoms with Gasteiger partial charge in [-0.25, -0.2) is 0 Å². The molecule has 0 aliphatic rings. The van der Waals surface area contributed by atoms with Crippen LogP contribution in [0.3, 0.4) is 0 Å². The lowest BCUT2D eigenvalue weighted by atomic mass is 10.1. The highest BCUT2D eigenvalue weighted by Gasteiger charge is 2.11. The summed E-state index contributed by atoms with van der Waals surface area (Å²) in [7, 11) is 0. The molecule has 2 rings (SSSR count). The predicted molar refractivity (Wildman–Crippen MR) is 87.9 cm³/mol. The monoisotopic (exact) mass is 349 g/mol. The van der Waals surface area contributed by atoms with Crippen LogP contribution in [0.4, 0.5) is 0 Å². The molecule has 104 valence electrons. The molecule has 0 radical (unpaired) electrons. The van der Waals surface area contributed by atoms with Crippen LogP contribution in [-0.4, -0.2) is 11.7 Å². The molecule has 0 fully saturated rings. The lowest BCUT2D eigenvalue weighted by Gasteiger charge is -2.15. The average molecular weight is 350 g/mol. The van der Waals surface area contributed by atoms with Crippen molar-refractivity contribution in [2.24, 2.45) is 0 Å². The van der Waals surface area contributed by atoms with Crippen LogP contribution in [0, 0.1) is 0 Å². The van der Waals surface area contributed by atoms with Gasteiger partial charge in [-0.3, -0.25) is 4.79 Å². The Hall–Kier alpha value is -1.26. The van der Waals surface area contributed by atoms with Gasteiger partial charge in [0, 0.05) is 9.37 Å². The van der Waals surface area contributed by atoms with E-state index in [1.807, 2.05) is 61.5 Å². The SMILES string of the molecule is CC(NC(=O)CSc1ccccc1)c1ccccc1Br. The molecule has 2 nitrogen and oxygen atoms in total. The van der Waals surface area contributed by atoms with E-state index in [4.69, 9.17) is 0 Å². The zero-order valence-electron chi connectivity index (χ0n) is 11.2. The van der Waals surface area contributed by atoms with Gasteiger partial charge in [-0.2, -0.15) is 0 Å². The van der Waals surface area contributed by atoms with Crippen LogP contribution in [0.2, 0.25) is 0 Å². The lowest BCUT2D eigenvalue weighted by molar-refractivity contribution is -0.119. The molecular weight excluding hydrogens is 334 g/mol. The van der Waals surface area contributed by atoms with E-state index in [2.05, 4.69) is 21.2 Å². The van der Waals surface area contributed by atoms with E-state index >= 15 is 0 Å². The van der Waals surface area contributed by atoms with Crippen molar-refractivity contribution in [1.29, 1.82) is 0 Å². The first-order valence-corrected chi connectivity index (χ1v) is 8.16. The minimum absolute atomic E-state index is 0.00514. The van der Waals surface area contributed by atoms with Crippen molar-refractivity contribution in [2.75, 3.05) is 5.75 Å². The summed E-state index contributed by atoms with van der Waals surface area (Å²) >= 11 is 5.05. The zero-order valence-corrected chi connectivity index (χ0v) is 13.6. The van der Waals surface area contributed by atoms with Crippen LogP contribution in [0.25, 0.3) is 0 Å². The van der Waals surface area contributed by atoms with E-state index in [-0.39, 0.29) is 11.9 Å². The fraction of sp³-hybridized carbons (Fsp3) is 0.188. The van der Waals surface area contributed by atoms with Gasteiger partial charge in [0.25, 0.3) is 0 Å². The normalized spacial score (nSPS) is 11.9. The zero-order chi connectivity index (χ0) is 14.4. The Bertz CT molecular complexity index is 574. The number of rotatable bonds is 5. The summed E-state index contributed by atoms with van der Waals surface area (Å²) in [5.74, 6) is 0.473. The molecular formula is C16H16BrNOS. The molecule has 1 unspecified atom stereocenters. The van der Waals surface area contributed by atoms with E-state index < -0.39 is 0 Å². The van der Waals surface area contributed by atoms with Gasteiger partial charge in [0.1, 0.15) is 0 Å². The summed E-state index contributed by atoms with van der Waals surface area (Å²) in [5.41, 5.74) is 1.09. The van der Waals surface area contributed by atoms with Crippen LogP contribution >= 0.6 is 27.7 Å². The fourth-order valence-corrected chi connectivity index (χ4v) is 3.21. The Morgan fingerprint density at radius 2 is 1.80 bits per heavy atom. The molecule has 20 heavy (non-hydrogen) atoms. The van der Waals surface area contributed by atoms with Crippen molar-refractivity contribution in [3.63, 3.8) is 0 Å². The Morgan fingerprint density at radius 3 is 2.50 bits per heavy atom. The van der Waals surface area contributed by atoms with Crippen LogP contribution in [-0.2, 0) is 4.79 Å². The summed E-state index contributed by atoms with van der Waals surface area (Å²) in [6.45, 7) is 1.99. The van der Waals surface area contributed by atoms with Crippen molar-refractivity contribution in [3.8, 4) is 0 Å². The first kappa shape index (κ1) is 15.1. The molecule has 1 amide bonds. The summed E-state index contributed by atoms with van der Waals surface area (Å²) in [4.78, 5) is 13.1. The standard InChI is InChI=1S/C16H16BrNOS/c1-12(14-9-5-6-10-15(14)17)18-16(19)11-20-13-7-3-2-4-8-13/h2-10,12H,11H2,1H3,(H,18,19). The summed E-state index contributed by atoms with van der Waals surface area (Å²) < 4.78 is 1.02. The van der Waals surface area contributed by atoms with Gasteiger partial charge in [0.05, 0.1) is 11.8 Å². The van der Waals surface area contributed by atoms with E-state index in [9.17, 15) is 4.79 Å². The van der Waals surface area contributed by atoms with Crippen molar-refractivity contribution in [1.82, 2.24) is 5.32 Å². The number of carbonyl (C=O) groups is 1. The molecule has 0 aromatic heterocycles. The predicted octanol–water partition coefficient (Wildman–Crippen LogP) is 4.42. The Labute approximate surface area is 132 Å². The topological polar surface area (TPSA) is 29.1 Å². The maximum Gasteiger partial charge on any atom is 0.230 e. The first-order chi connectivity index (χ1) is 9.66. The third-order valence-corrected chi connectivity index (χ3v) is 4.60. The van der Waals surface area contributed by atoms with E-state index in [1.54, 1.807) is 11.8 Å². The molecule has 0 aliphatic heterocycles. The number of carbonyl (C=O) groups excluding carboxylic acids is 1. The Balaban J connectivity index is 1.87. The number of hydrogen-bond donors (Lipinski definition) is 1. The largest absolute Gasteiger partial charge is 0.349 e. The molecule has 1 N–H and O–H groups in total. The van der Waals surface area contributed by atoms with Gasteiger partial charge in [0.2, 0.25) is 5.91 Å². The van der Waals surface area contributed by atoms with Crippen molar-refractivity contribution >= 4 is 33.6 Å². The van der Waals surface area contributed by atoms with Crippen LogP contribution in [0.5, 0.6) is 0 Å². The van der Waals surface area contributed by atoms with Gasteiger partial charge in [-0.1, -0.05) is 52.3 Å². The lowest BCUT2D eigenvalue weighted by Crippen LogP contribution is -2.28. The molecule has 1 atom stereocenters.